The molecule has 0 saturated carbocycles. The van der Waals surface area contributed by atoms with Crippen LogP contribution in [0.4, 0.5) is 0 Å². The highest BCUT2D eigenvalue weighted by Gasteiger charge is 2.04. The van der Waals surface area contributed by atoms with E-state index in [2.05, 4.69) is 29.7 Å². The second-order valence-electron chi connectivity index (χ2n) is 3.33. The Kier molecular flexibility index (Phi) is 1.76. The Bertz CT molecular complexity index is 443. The maximum Gasteiger partial charge on any atom is 0.128 e. The number of hydrogen-bond donors (Lipinski definition) is 0. The second-order valence-corrected chi connectivity index (χ2v) is 3.33. The van der Waals surface area contributed by atoms with Crippen LogP contribution in [0.25, 0.3) is 10.9 Å². The molecule has 0 radical (unpaired) electrons. The lowest BCUT2D eigenvalue weighted by Crippen LogP contribution is -1.88. The van der Waals surface area contributed by atoms with Crippen molar-refractivity contribution in [1.82, 2.24) is 4.57 Å². The summed E-state index contributed by atoms with van der Waals surface area (Å²) in [4.78, 5) is 0. The van der Waals surface area contributed by atoms with Crippen LogP contribution in [0, 0.1) is 6.92 Å². The molecule has 68 valence electrons. The molecule has 0 aliphatic rings. The summed E-state index contributed by atoms with van der Waals surface area (Å²) in [6.07, 6.45) is 2.05. The van der Waals surface area contributed by atoms with Crippen molar-refractivity contribution in [2.24, 2.45) is 7.05 Å². The van der Waals surface area contributed by atoms with Gasteiger partial charge in [-0.1, -0.05) is 0 Å². The number of nitrogens with zero attached hydrogens (tertiary/aromatic N) is 1. The molecular weight excluding hydrogens is 162 g/mol. The van der Waals surface area contributed by atoms with Crippen molar-refractivity contribution in [3.63, 3.8) is 0 Å². The lowest BCUT2D eigenvalue weighted by atomic mass is 10.1. The Morgan fingerprint density at radius 1 is 1.31 bits per heavy atom. The highest BCUT2D eigenvalue weighted by Crippen LogP contribution is 2.27. The Hall–Kier alpha value is -1.44. The molecule has 0 fully saturated rings. The van der Waals surface area contributed by atoms with E-state index in [1.165, 1.54) is 16.5 Å². The summed E-state index contributed by atoms with van der Waals surface area (Å²) in [7, 11) is 3.75. The average Bonchev–Trinajstić information content (AvgIpc) is 2.47. The van der Waals surface area contributed by atoms with Crippen LogP contribution < -0.4 is 4.74 Å². The van der Waals surface area contributed by atoms with Gasteiger partial charge in [0.05, 0.1) is 12.6 Å². The van der Waals surface area contributed by atoms with E-state index in [9.17, 15) is 0 Å². The molecule has 1 heterocycles. The maximum absolute atomic E-state index is 5.31. The minimum Gasteiger partial charge on any atom is -0.496 e. The molecule has 2 aromatic rings. The van der Waals surface area contributed by atoms with Gasteiger partial charge in [-0.3, -0.25) is 0 Å². The molecule has 2 heteroatoms. The molecule has 13 heavy (non-hydrogen) atoms. The molecule has 0 bridgehead atoms. The normalized spacial score (nSPS) is 10.7. The second kappa shape index (κ2) is 2.80. The number of methoxy groups -OCH3 is 1. The van der Waals surface area contributed by atoms with Gasteiger partial charge in [0, 0.05) is 18.6 Å². The summed E-state index contributed by atoms with van der Waals surface area (Å²) < 4.78 is 7.41. The zero-order chi connectivity index (χ0) is 9.42. The molecule has 0 saturated heterocycles. The van der Waals surface area contributed by atoms with Crippen molar-refractivity contribution in [2.75, 3.05) is 7.11 Å². The Morgan fingerprint density at radius 2 is 2.08 bits per heavy atom. The van der Waals surface area contributed by atoms with Gasteiger partial charge in [0.25, 0.3) is 0 Å². The third-order valence-electron chi connectivity index (χ3n) is 2.33. The molecule has 0 atom stereocenters. The van der Waals surface area contributed by atoms with Crippen molar-refractivity contribution in [1.29, 1.82) is 0 Å². The highest BCUT2D eigenvalue weighted by molar-refractivity contribution is 5.87. The van der Waals surface area contributed by atoms with Crippen LogP contribution in [0.3, 0.4) is 0 Å². The number of ether oxygens (including phenoxy) is 1. The first-order valence-corrected chi connectivity index (χ1v) is 4.32. The van der Waals surface area contributed by atoms with E-state index in [1.807, 2.05) is 13.2 Å². The van der Waals surface area contributed by atoms with Gasteiger partial charge < -0.3 is 9.30 Å². The molecule has 2 nitrogen and oxygen atoms in total. The van der Waals surface area contributed by atoms with Gasteiger partial charge in [0.2, 0.25) is 0 Å². The van der Waals surface area contributed by atoms with E-state index in [4.69, 9.17) is 4.74 Å². The van der Waals surface area contributed by atoms with Crippen LogP contribution >= 0.6 is 0 Å². The van der Waals surface area contributed by atoms with E-state index in [-0.39, 0.29) is 0 Å². The smallest absolute Gasteiger partial charge is 0.128 e. The van der Waals surface area contributed by atoms with Gasteiger partial charge in [-0.25, -0.2) is 0 Å². The first kappa shape index (κ1) is 8.17. The first-order valence-electron chi connectivity index (χ1n) is 4.32. The fraction of sp³-hybridized carbons (Fsp3) is 0.273. The van der Waals surface area contributed by atoms with Crippen molar-refractivity contribution in [2.45, 2.75) is 6.92 Å². The van der Waals surface area contributed by atoms with Crippen molar-refractivity contribution >= 4 is 10.9 Å². The Labute approximate surface area is 77.7 Å². The van der Waals surface area contributed by atoms with Gasteiger partial charge >= 0.3 is 0 Å². The zero-order valence-corrected chi connectivity index (χ0v) is 8.16. The van der Waals surface area contributed by atoms with Crippen LogP contribution in [0.15, 0.2) is 24.4 Å². The van der Waals surface area contributed by atoms with Gasteiger partial charge in [0.1, 0.15) is 5.75 Å². The molecule has 0 spiro atoms. The quantitative estimate of drug-likeness (QED) is 0.649. The molecule has 0 N–H and O–H groups in total. The lowest BCUT2D eigenvalue weighted by Gasteiger charge is -2.04. The molecule has 1 aromatic heterocycles. The lowest BCUT2D eigenvalue weighted by molar-refractivity contribution is 0.419. The average molecular weight is 175 g/mol. The minimum atomic E-state index is 0.954. The van der Waals surface area contributed by atoms with Crippen LogP contribution in [0.1, 0.15) is 5.56 Å². The topological polar surface area (TPSA) is 14.2 Å². The van der Waals surface area contributed by atoms with Gasteiger partial charge in [-0.2, -0.15) is 0 Å². The van der Waals surface area contributed by atoms with E-state index in [0.29, 0.717) is 0 Å². The largest absolute Gasteiger partial charge is 0.496 e. The molecule has 0 aliphatic heterocycles. The van der Waals surface area contributed by atoms with Crippen LogP contribution in [0.2, 0.25) is 0 Å². The molecular formula is C11H13NO. The van der Waals surface area contributed by atoms with Crippen molar-refractivity contribution in [3.8, 4) is 5.75 Å². The predicted octanol–water partition coefficient (Wildman–Crippen LogP) is 2.50. The van der Waals surface area contributed by atoms with Crippen molar-refractivity contribution < 1.29 is 4.74 Å². The molecule has 2 rings (SSSR count). The fourth-order valence-electron chi connectivity index (χ4n) is 1.64. The highest BCUT2D eigenvalue weighted by atomic mass is 16.5. The number of aromatic nitrogens is 1. The van der Waals surface area contributed by atoms with E-state index < -0.39 is 0 Å². The number of aryl methyl sites for hydroxylation is 2. The molecule has 0 aliphatic carbocycles. The Morgan fingerprint density at radius 3 is 2.77 bits per heavy atom. The predicted molar refractivity (Wildman–Crippen MR) is 54.2 cm³/mol. The fourth-order valence-corrected chi connectivity index (χ4v) is 1.64. The monoisotopic (exact) mass is 175 g/mol. The molecule has 0 unspecified atom stereocenters. The summed E-state index contributed by atoms with van der Waals surface area (Å²) in [5.74, 6) is 0.954. The third kappa shape index (κ3) is 1.18. The summed E-state index contributed by atoms with van der Waals surface area (Å²) in [5, 5.41) is 1.18. The third-order valence-corrected chi connectivity index (χ3v) is 2.33. The number of fused-ring (bicyclic) bond motifs is 1. The minimum absolute atomic E-state index is 0.954. The number of benzene rings is 1. The number of rotatable bonds is 1. The number of hydrogen-bond acceptors (Lipinski definition) is 1. The van der Waals surface area contributed by atoms with E-state index >= 15 is 0 Å². The van der Waals surface area contributed by atoms with Gasteiger partial charge in [-0.15, -0.1) is 0 Å². The molecule has 0 amide bonds. The summed E-state index contributed by atoms with van der Waals surface area (Å²) in [6, 6.07) is 6.30. The maximum atomic E-state index is 5.31. The zero-order valence-electron chi connectivity index (χ0n) is 8.16. The summed E-state index contributed by atoms with van der Waals surface area (Å²) in [5.41, 5.74) is 2.45. The Balaban J connectivity index is 2.84. The van der Waals surface area contributed by atoms with Crippen molar-refractivity contribution in [3.05, 3.63) is 30.0 Å². The van der Waals surface area contributed by atoms with E-state index in [1.54, 1.807) is 7.11 Å². The SMILES string of the molecule is COc1cc(C)cc2c1ccn2C. The van der Waals surface area contributed by atoms with Crippen LogP contribution in [0.5, 0.6) is 5.75 Å². The summed E-state index contributed by atoms with van der Waals surface area (Å²) in [6.45, 7) is 2.08. The first-order chi connectivity index (χ1) is 6.22. The summed E-state index contributed by atoms with van der Waals surface area (Å²) >= 11 is 0. The van der Waals surface area contributed by atoms with Gasteiger partial charge in [-0.05, 0) is 30.7 Å². The van der Waals surface area contributed by atoms with Gasteiger partial charge in [0.15, 0.2) is 0 Å². The van der Waals surface area contributed by atoms with E-state index in [0.717, 1.165) is 5.75 Å². The van der Waals surface area contributed by atoms with Crippen LogP contribution in [-0.2, 0) is 7.05 Å². The molecule has 1 aromatic carbocycles. The standard InChI is InChI=1S/C11H13NO/c1-8-6-10-9(4-5-12(10)2)11(7-8)13-3/h4-7H,1-3H3. The van der Waals surface area contributed by atoms with Crippen LogP contribution in [-0.4, -0.2) is 11.7 Å².